The molecule has 1 saturated heterocycles. The van der Waals surface area contributed by atoms with Crippen LogP contribution in [-0.2, 0) is 36.4 Å². The molecule has 0 bridgehead atoms. The first-order valence-corrected chi connectivity index (χ1v) is 26.0. The maximum absolute atomic E-state index is 13.2. The molecule has 380 valence electrons. The van der Waals surface area contributed by atoms with Gasteiger partial charge < -0.3 is 69.4 Å². The zero-order valence-corrected chi connectivity index (χ0v) is 41.0. The van der Waals surface area contributed by atoms with E-state index < -0.39 is 71.9 Å². The van der Waals surface area contributed by atoms with E-state index in [-0.39, 0.29) is 47.7 Å². The second-order valence-electron chi connectivity index (χ2n) is 16.5. The first kappa shape index (κ1) is 54.5. The van der Waals surface area contributed by atoms with Crippen LogP contribution in [0.15, 0.2) is 76.1 Å². The van der Waals surface area contributed by atoms with E-state index in [1.807, 2.05) is 74.1 Å². The maximum Gasteiger partial charge on any atom is 0.490 e. The SMILES string of the molecule is CN(C)c1ccc2c(-c3ccc(C(=O)NCCCCCC(=O)NCC#Cc4c[nH]c(=O)c([C@@H]5O[C@H](COP(=O)(O)OP(=O)(O)OP(=O)(O)O)[C@@H](O)[C@H]5O)c4)cc3C(=O)[O-])c3ccc(=[N+](C)C)cc-3oc2c1. The molecular weight excluding hydrogens is 995 g/mol. The molecule has 2 amide bonds. The van der Waals surface area contributed by atoms with Crippen molar-refractivity contribution in [2.45, 2.75) is 50.1 Å². The molecule has 3 aromatic rings. The van der Waals surface area contributed by atoms with Crippen LogP contribution >= 0.6 is 23.5 Å². The van der Waals surface area contributed by atoms with Crippen LogP contribution in [-0.4, -0.2) is 119 Å². The number of phosphoric acid groups is 3. The second kappa shape index (κ2) is 22.7. The summed E-state index contributed by atoms with van der Waals surface area (Å²) in [7, 11) is -9.44. The van der Waals surface area contributed by atoms with Crippen molar-refractivity contribution in [2.24, 2.45) is 0 Å². The standard InChI is InChI=1S/C44H50N5O19P3/c1-48(2)27-12-15-30-34(21-27)65-35-22-28(49(3)4)13-16-31(35)38(30)29-14-11-26(20-32(29)44(55)56)42(53)46-17-7-5-6-10-37(50)45-18-8-9-25-19-33(43(54)47-23-25)41-40(52)39(51)36(66-41)24-64-70(60,61)68-71(62,63)67-69(57,58)59/h11-16,19-23,36,39-41,51-52H,5-7,10,17-18,24H2,1-4H3,(H7-,45,46,47,50,53,54,55,56,57,58,59,60,61,62,63)/t36-,39-,40-,41+/m1/s1. The van der Waals surface area contributed by atoms with Gasteiger partial charge in [-0.15, -0.1) is 0 Å². The number of ether oxygens (including phenoxy) is 1. The predicted octanol–water partition coefficient (Wildman–Crippen LogP) is 1.32. The number of hydrogen-bond acceptors (Lipinski definition) is 16. The van der Waals surface area contributed by atoms with E-state index in [0.29, 0.717) is 52.7 Å². The van der Waals surface area contributed by atoms with Gasteiger partial charge >= 0.3 is 23.5 Å². The number of aliphatic hydroxyl groups is 2. The Balaban J connectivity index is 0.980. The van der Waals surface area contributed by atoms with Crippen molar-refractivity contribution >= 4 is 57.9 Å². The molecule has 2 unspecified atom stereocenters. The largest absolute Gasteiger partial charge is 0.545 e. The number of aromatic carboxylic acids is 1. The number of benzene rings is 3. The number of pyridine rings is 1. The summed E-state index contributed by atoms with van der Waals surface area (Å²) in [5.41, 5.74) is 2.21. The molecule has 3 aliphatic rings. The molecule has 9 N–H and O–H groups in total. The van der Waals surface area contributed by atoms with Crippen LogP contribution in [0.2, 0.25) is 0 Å². The second-order valence-corrected chi connectivity index (χ2v) is 20.9. The number of carboxylic acid groups (broad SMARTS) is 1. The average Bonchev–Trinajstić information content (AvgIpc) is 3.57. The lowest BCUT2D eigenvalue weighted by Gasteiger charge is -2.20. The molecule has 6 atom stereocenters. The molecule has 0 radical (unpaired) electrons. The highest BCUT2D eigenvalue weighted by atomic mass is 31.3. The fraction of sp³-hybridized carbons (Fsp3) is 0.341. The number of carboxylic acids is 1. The molecule has 0 saturated carbocycles. The van der Waals surface area contributed by atoms with Crippen LogP contribution in [0, 0.1) is 11.8 Å². The number of H-pyrrole nitrogens is 1. The Morgan fingerprint density at radius 1 is 0.887 bits per heavy atom. The van der Waals surface area contributed by atoms with Gasteiger partial charge in [-0.25, -0.2) is 18.3 Å². The molecule has 2 aliphatic heterocycles. The fourth-order valence-corrected chi connectivity index (χ4v) is 10.5. The molecule has 1 aliphatic carbocycles. The van der Waals surface area contributed by atoms with E-state index in [2.05, 4.69) is 40.6 Å². The van der Waals surface area contributed by atoms with Crippen molar-refractivity contribution in [1.29, 1.82) is 0 Å². The highest BCUT2D eigenvalue weighted by molar-refractivity contribution is 7.66. The van der Waals surface area contributed by atoms with Crippen LogP contribution in [0.4, 0.5) is 5.69 Å². The molecule has 1 aromatic heterocycles. The molecule has 71 heavy (non-hydrogen) atoms. The quantitative estimate of drug-likeness (QED) is 0.0185. The van der Waals surface area contributed by atoms with Crippen molar-refractivity contribution in [3.8, 4) is 34.3 Å². The lowest BCUT2D eigenvalue weighted by atomic mass is 9.89. The van der Waals surface area contributed by atoms with Crippen LogP contribution in [0.25, 0.3) is 33.4 Å². The van der Waals surface area contributed by atoms with E-state index in [1.165, 1.54) is 18.3 Å². The highest BCUT2D eigenvalue weighted by Crippen LogP contribution is 2.66. The summed E-state index contributed by atoms with van der Waals surface area (Å²) in [5, 5.41) is 40.7. The van der Waals surface area contributed by atoms with Crippen LogP contribution < -0.4 is 36.1 Å². The number of fused-ring (bicyclic) bond motifs is 2. The van der Waals surface area contributed by atoms with Crippen molar-refractivity contribution < 1.29 is 85.3 Å². The summed E-state index contributed by atoms with van der Waals surface area (Å²) in [6, 6.07) is 17.0. The normalized spacial score (nSPS) is 18.5. The van der Waals surface area contributed by atoms with Gasteiger partial charge in [0.1, 0.15) is 49.9 Å². The Morgan fingerprint density at radius 3 is 2.31 bits per heavy atom. The summed E-state index contributed by atoms with van der Waals surface area (Å²) in [5.74, 6) is 3.70. The van der Waals surface area contributed by atoms with Gasteiger partial charge in [-0.1, -0.05) is 24.3 Å². The smallest absolute Gasteiger partial charge is 0.490 e. The highest BCUT2D eigenvalue weighted by Gasteiger charge is 2.47. The van der Waals surface area contributed by atoms with Crippen molar-refractivity contribution in [1.82, 2.24) is 20.2 Å². The number of carbonyl (C=O) groups excluding carboxylic acids is 3. The lowest BCUT2D eigenvalue weighted by molar-refractivity contribution is -0.255. The molecule has 6 rings (SSSR count). The predicted molar refractivity (Wildman–Crippen MR) is 251 cm³/mol. The van der Waals surface area contributed by atoms with Gasteiger partial charge in [0.15, 0.2) is 0 Å². The number of hydrogen-bond donors (Lipinski definition) is 9. The minimum Gasteiger partial charge on any atom is -0.545 e. The number of rotatable bonds is 19. The first-order chi connectivity index (χ1) is 33.3. The van der Waals surface area contributed by atoms with Crippen molar-refractivity contribution in [3.05, 3.63) is 105 Å². The summed E-state index contributed by atoms with van der Waals surface area (Å²) >= 11 is 0. The number of aliphatic hydroxyl groups excluding tert-OH is 2. The lowest BCUT2D eigenvalue weighted by Crippen LogP contribution is -2.33. The summed E-state index contributed by atoms with van der Waals surface area (Å²) in [6.07, 6.45) is -3.90. The molecule has 27 heteroatoms. The Bertz CT molecular complexity index is 3150. The van der Waals surface area contributed by atoms with Gasteiger partial charge in [-0.05, 0) is 54.8 Å². The van der Waals surface area contributed by atoms with Crippen LogP contribution in [0.3, 0.4) is 0 Å². The zero-order valence-electron chi connectivity index (χ0n) is 38.3. The molecular formula is C44H50N5O19P3. The third kappa shape index (κ3) is 14.2. The zero-order chi connectivity index (χ0) is 52.0. The minimum absolute atomic E-state index is 0.0965. The average molecular weight is 1050 g/mol. The monoisotopic (exact) mass is 1050 g/mol. The Morgan fingerprint density at radius 2 is 1.62 bits per heavy atom. The summed E-state index contributed by atoms with van der Waals surface area (Å²) in [6.45, 7) is -0.934. The van der Waals surface area contributed by atoms with Gasteiger partial charge in [-0.3, -0.25) is 18.9 Å². The number of unbranched alkanes of at least 4 members (excludes halogenated alkanes) is 2. The third-order valence-electron chi connectivity index (χ3n) is 10.9. The number of phosphoric ester groups is 1. The maximum atomic E-state index is 13.2. The van der Waals surface area contributed by atoms with Gasteiger partial charge in [0.05, 0.1) is 25.2 Å². The van der Waals surface area contributed by atoms with E-state index in [9.17, 15) is 58.0 Å². The molecule has 3 heterocycles. The Labute approximate surface area is 404 Å². The molecule has 24 nitrogen and oxygen atoms in total. The number of anilines is 1. The van der Waals surface area contributed by atoms with Crippen LogP contribution in [0.5, 0.6) is 0 Å². The van der Waals surface area contributed by atoms with Gasteiger partial charge in [0.2, 0.25) is 11.3 Å². The number of aromatic nitrogens is 1. The number of nitrogens with zero attached hydrogens (tertiary/aromatic N) is 2. The first-order valence-electron chi connectivity index (χ1n) is 21.4. The summed E-state index contributed by atoms with van der Waals surface area (Å²) in [4.78, 5) is 91.7. The fourth-order valence-electron chi connectivity index (χ4n) is 7.45. The van der Waals surface area contributed by atoms with Crippen LogP contribution in [0.1, 0.15) is 63.6 Å². The summed E-state index contributed by atoms with van der Waals surface area (Å²) < 4.78 is 60.0. The van der Waals surface area contributed by atoms with E-state index in [0.717, 1.165) is 11.0 Å². The third-order valence-corrected chi connectivity index (χ3v) is 14.7. The Kier molecular flexibility index (Phi) is 17.4. The molecule has 2 aromatic carbocycles. The number of aromatic amines is 1. The molecule has 0 spiro atoms. The van der Waals surface area contributed by atoms with Crippen molar-refractivity contribution in [2.75, 3.05) is 52.8 Å². The molecule has 1 fully saturated rings. The van der Waals surface area contributed by atoms with E-state index in [1.54, 1.807) is 12.1 Å². The number of carbonyl (C=O) groups is 3. The Hall–Kier alpha value is -5.86. The van der Waals surface area contributed by atoms with Gasteiger partial charge in [-0.2, -0.15) is 8.62 Å². The van der Waals surface area contributed by atoms with E-state index >= 15 is 0 Å². The van der Waals surface area contributed by atoms with Gasteiger partial charge in [0, 0.05) is 89.8 Å². The number of nitrogens with one attached hydrogen (secondary N) is 3. The minimum atomic E-state index is -5.82. The topological polar surface area (TPSA) is 360 Å². The van der Waals surface area contributed by atoms with Gasteiger partial charge in [0.25, 0.3) is 11.5 Å². The van der Waals surface area contributed by atoms with E-state index in [4.69, 9.17) is 18.9 Å². The number of amides is 2. The van der Waals surface area contributed by atoms with Crippen molar-refractivity contribution in [3.63, 3.8) is 0 Å².